The van der Waals surface area contributed by atoms with E-state index in [4.69, 9.17) is 0 Å². The number of anilines is 1. The van der Waals surface area contributed by atoms with Crippen molar-refractivity contribution in [2.24, 2.45) is 10.8 Å². The molecule has 0 unspecified atom stereocenters. The number of hydrogen-bond acceptors (Lipinski definition) is 4. The molecule has 1 aromatic carbocycles. The van der Waals surface area contributed by atoms with Crippen LogP contribution in [0, 0.1) is 10.8 Å². The van der Waals surface area contributed by atoms with Gasteiger partial charge in [0.15, 0.2) is 5.13 Å². The number of rotatable bonds is 2. The Morgan fingerprint density at radius 3 is 2.77 bits per heavy atom. The van der Waals surface area contributed by atoms with Crippen molar-refractivity contribution >= 4 is 38.5 Å². The molecular weight excluding hydrogens is 346 g/mol. The Hall–Kier alpha value is -1.95. The third-order valence-electron chi connectivity index (χ3n) is 5.59. The first-order chi connectivity index (χ1) is 12.1. The Balaban J connectivity index is 1.61. The Morgan fingerprint density at radius 1 is 1.27 bits per heavy atom. The fourth-order valence-corrected chi connectivity index (χ4v) is 6.08. The van der Waals surface area contributed by atoms with Gasteiger partial charge in [-0.2, -0.15) is 0 Å². The first kappa shape index (κ1) is 17.5. The fraction of sp³-hybridized carbons (Fsp3) is 0.550. The van der Waals surface area contributed by atoms with E-state index in [0.717, 1.165) is 29.6 Å². The van der Waals surface area contributed by atoms with Crippen LogP contribution >= 0.6 is 11.3 Å². The zero-order chi connectivity index (χ0) is 18.7. The Kier molecular flexibility index (Phi) is 3.88. The summed E-state index contributed by atoms with van der Waals surface area (Å²) in [6.45, 7) is 9.27. The lowest BCUT2D eigenvalue weighted by molar-refractivity contribution is -0.114. The quantitative estimate of drug-likeness (QED) is 0.856. The summed E-state index contributed by atoms with van der Waals surface area (Å²) in [5.74, 6) is -0.0200. The molecule has 2 aromatic rings. The minimum Gasteiger partial charge on any atom is -0.335 e. The molecule has 1 aliphatic heterocycles. The van der Waals surface area contributed by atoms with Gasteiger partial charge in [-0.25, -0.2) is 4.98 Å². The first-order valence-electron chi connectivity index (χ1n) is 9.13. The number of amides is 2. The smallest absolute Gasteiger partial charge is 0.254 e. The minimum atomic E-state index is -0.138. The molecule has 2 amide bonds. The van der Waals surface area contributed by atoms with E-state index in [0.29, 0.717) is 22.2 Å². The van der Waals surface area contributed by atoms with Crippen LogP contribution in [-0.2, 0) is 4.79 Å². The number of likely N-dealkylation sites (tertiary alicyclic amines) is 1. The van der Waals surface area contributed by atoms with E-state index in [9.17, 15) is 9.59 Å². The van der Waals surface area contributed by atoms with Crippen LogP contribution in [0.5, 0.6) is 0 Å². The summed E-state index contributed by atoms with van der Waals surface area (Å²) in [6.07, 6.45) is 3.36. The summed E-state index contributed by atoms with van der Waals surface area (Å²) in [4.78, 5) is 30.9. The first-order valence-corrected chi connectivity index (χ1v) is 9.95. The number of aromatic nitrogens is 1. The highest BCUT2D eigenvalue weighted by Crippen LogP contribution is 2.52. The molecule has 2 aliphatic rings. The van der Waals surface area contributed by atoms with E-state index in [1.807, 2.05) is 18.2 Å². The van der Waals surface area contributed by atoms with Gasteiger partial charge in [0.05, 0.1) is 10.2 Å². The Labute approximate surface area is 157 Å². The number of benzene rings is 1. The van der Waals surface area contributed by atoms with Crippen LogP contribution in [0.25, 0.3) is 10.2 Å². The summed E-state index contributed by atoms with van der Waals surface area (Å²) in [7, 11) is 0. The zero-order valence-corrected chi connectivity index (χ0v) is 16.6. The average Bonchev–Trinajstić information content (AvgIpc) is 3.01. The molecule has 1 aliphatic carbocycles. The molecular formula is C20H25N3O2S. The summed E-state index contributed by atoms with van der Waals surface area (Å²) >= 11 is 1.40. The van der Waals surface area contributed by atoms with E-state index < -0.39 is 0 Å². The van der Waals surface area contributed by atoms with Gasteiger partial charge in [0.25, 0.3) is 5.91 Å². The molecule has 2 fully saturated rings. The van der Waals surface area contributed by atoms with E-state index in [1.54, 1.807) is 0 Å². The van der Waals surface area contributed by atoms with Crippen LogP contribution < -0.4 is 5.32 Å². The third kappa shape index (κ3) is 3.11. The highest BCUT2D eigenvalue weighted by molar-refractivity contribution is 7.22. The van der Waals surface area contributed by atoms with Gasteiger partial charge in [0, 0.05) is 25.1 Å². The average molecular weight is 372 g/mol. The number of carbonyl (C=O) groups is 2. The van der Waals surface area contributed by atoms with Gasteiger partial charge in [-0.15, -0.1) is 0 Å². The van der Waals surface area contributed by atoms with Gasteiger partial charge in [0.1, 0.15) is 0 Å². The molecule has 2 bridgehead atoms. The second kappa shape index (κ2) is 5.78. The second-order valence-electron chi connectivity index (χ2n) is 9.03. The molecule has 2 atom stereocenters. The van der Waals surface area contributed by atoms with Crippen LogP contribution in [0.1, 0.15) is 57.3 Å². The molecule has 4 rings (SSSR count). The number of nitrogens with one attached hydrogen (secondary N) is 1. The maximum Gasteiger partial charge on any atom is 0.254 e. The van der Waals surface area contributed by atoms with Gasteiger partial charge < -0.3 is 10.2 Å². The largest absolute Gasteiger partial charge is 0.335 e. The second-order valence-corrected chi connectivity index (χ2v) is 10.1. The summed E-state index contributed by atoms with van der Waals surface area (Å²) in [5.41, 5.74) is 2.05. The van der Waals surface area contributed by atoms with Crippen LogP contribution in [-0.4, -0.2) is 34.3 Å². The summed E-state index contributed by atoms with van der Waals surface area (Å²) < 4.78 is 0.924. The minimum absolute atomic E-state index is 0.118. The molecule has 138 valence electrons. The monoisotopic (exact) mass is 371 g/mol. The van der Waals surface area contributed by atoms with Crippen molar-refractivity contribution in [3.63, 3.8) is 0 Å². The molecule has 1 aromatic heterocycles. The Bertz CT molecular complexity index is 904. The van der Waals surface area contributed by atoms with Crippen LogP contribution in [0.2, 0.25) is 0 Å². The molecule has 2 heterocycles. The van der Waals surface area contributed by atoms with Crippen LogP contribution in [0.15, 0.2) is 18.2 Å². The predicted octanol–water partition coefficient (Wildman–Crippen LogP) is 4.30. The maximum absolute atomic E-state index is 13.2. The number of fused-ring (bicyclic) bond motifs is 3. The SMILES string of the molecule is CC(=O)Nc1nc2ccc(C(=O)N3C[C@@]4(C)C[C@H]3CC(C)(C)C4)cc2s1. The van der Waals surface area contributed by atoms with E-state index in [-0.39, 0.29) is 17.2 Å². The molecule has 0 spiro atoms. The van der Waals surface area contributed by atoms with E-state index in [2.05, 4.69) is 36.0 Å². The fourth-order valence-electron chi connectivity index (χ4n) is 5.12. The standard InChI is InChI=1S/C20H25N3O2S/c1-12(24)21-18-22-15-6-5-13(7-16(15)26-18)17(25)23-11-20(4)9-14(23)8-19(2,3)10-20/h5-7,14H,8-11H2,1-4H3,(H,21,22,24)/t14-,20+/m1/s1. The number of hydrogen-bond donors (Lipinski definition) is 1. The summed E-state index contributed by atoms with van der Waals surface area (Å²) in [6, 6.07) is 5.98. The van der Waals surface area contributed by atoms with Crippen molar-refractivity contribution in [2.45, 2.75) is 53.0 Å². The van der Waals surface area contributed by atoms with Crippen molar-refractivity contribution in [3.05, 3.63) is 23.8 Å². The maximum atomic E-state index is 13.2. The van der Waals surface area contributed by atoms with Gasteiger partial charge >= 0.3 is 0 Å². The highest BCUT2D eigenvalue weighted by Gasteiger charge is 2.51. The topological polar surface area (TPSA) is 62.3 Å². The summed E-state index contributed by atoms with van der Waals surface area (Å²) in [5, 5.41) is 3.29. The van der Waals surface area contributed by atoms with Crippen LogP contribution in [0.3, 0.4) is 0 Å². The van der Waals surface area contributed by atoms with E-state index >= 15 is 0 Å². The van der Waals surface area contributed by atoms with Crippen molar-refractivity contribution in [1.82, 2.24) is 9.88 Å². The molecule has 0 radical (unpaired) electrons. The van der Waals surface area contributed by atoms with Crippen molar-refractivity contribution < 1.29 is 9.59 Å². The molecule has 26 heavy (non-hydrogen) atoms. The van der Waals surface area contributed by atoms with Gasteiger partial charge in [-0.1, -0.05) is 32.1 Å². The predicted molar refractivity (Wildman–Crippen MR) is 104 cm³/mol. The molecule has 1 saturated heterocycles. The van der Waals surface area contributed by atoms with Gasteiger partial charge in [-0.3, -0.25) is 9.59 Å². The third-order valence-corrected chi connectivity index (χ3v) is 6.53. The number of thiazole rings is 1. The van der Waals surface area contributed by atoms with Crippen molar-refractivity contribution in [3.8, 4) is 0 Å². The van der Waals surface area contributed by atoms with E-state index in [1.165, 1.54) is 24.7 Å². The lowest BCUT2D eigenvalue weighted by Crippen LogP contribution is -2.37. The van der Waals surface area contributed by atoms with Crippen molar-refractivity contribution in [2.75, 3.05) is 11.9 Å². The van der Waals surface area contributed by atoms with Gasteiger partial charge in [-0.05, 0) is 48.3 Å². The molecule has 1 saturated carbocycles. The highest BCUT2D eigenvalue weighted by atomic mass is 32.1. The molecule has 5 nitrogen and oxygen atoms in total. The lowest BCUT2D eigenvalue weighted by atomic mass is 9.65. The number of carbonyl (C=O) groups excluding carboxylic acids is 2. The van der Waals surface area contributed by atoms with Crippen LogP contribution in [0.4, 0.5) is 5.13 Å². The Morgan fingerprint density at radius 2 is 2.04 bits per heavy atom. The van der Waals surface area contributed by atoms with Gasteiger partial charge in [0.2, 0.25) is 5.91 Å². The lowest BCUT2D eigenvalue weighted by Gasteiger charge is -2.39. The normalized spacial score (nSPS) is 26.9. The molecule has 6 heteroatoms. The number of nitrogens with zero attached hydrogens (tertiary/aromatic N) is 2. The van der Waals surface area contributed by atoms with Crippen molar-refractivity contribution in [1.29, 1.82) is 0 Å². The molecule has 1 N–H and O–H groups in total. The zero-order valence-electron chi connectivity index (χ0n) is 15.8.